The molecule has 0 radical (unpaired) electrons. The Labute approximate surface area is 72.3 Å². The van der Waals surface area contributed by atoms with Crippen molar-refractivity contribution in [1.29, 1.82) is 0 Å². The van der Waals surface area contributed by atoms with Crippen LogP contribution in [-0.2, 0) is 9.53 Å². The van der Waals surface area contributed by atoms with Crippen LogP contribution in [0, 0.1) is 0 Å². The number of hydrogen-bond acceptors (Lipinski definition) is 3. The zero-order chi connectivity index (χ0) is 9.72. The van der Waals surface area contributed by atoms with Gasteiger partial charge < -0.3 is 9.84 Å². The minimum absolute atomic E-state index is 0.444. The molecule has 0 aromatic carbocycles. The van der Waals surface area contributed by atoms with Gasteiger partial charge in [0, 0.05) is 6.92 Å². The van der Waals surface area contributed by atoms with Gasteiger partial charge in [-0.15, -0.1) is 0 Å². The molecule has 0 saturated heterocycles. The van der Waals surface area contributed by atoms with Crippen LogP contribution in [0.25, 0.3) is 0 Å². The monoisotopic (exact) mass is 170 g/mol. The maximum absolute atomic E-state index is 10.5. The Bertz CT molecular complexity index is 196. The van der Waals surface area contributed by atoms with Gasteiger partial charge in [0.15, 0.2) is 0 Å². The lowest BCUT2D eigenvalue weighted by molar-refractivity contribution is -0.147. The lowest BCUT2D eigenvalue weighted by Gasteiger charge is -2.19. The van der Waals surface area contributed by atoms with E-state index < -0.39 is 18.2 Å². The lowest BCUT2D eigenvalue weighted by Crippen LogP contribution is -2.29. The molecular formula is C9H14O3. The topological polar surface area (TPSA) is 46.5 Å². The highest BCUT2D eigenvalue weighted by Crippen LogP contribution is 2.08. The van der Waals surface area contributed by atoms with E-state index in [1.165, 1.54) is 13.0 Å². The summed E-state index contributed by atoms with van der Waals surface area (Å²) in [6.07, 6.45) is -0.188. The first-order chi connectivity index (χ1) is 5.49. The third kappa shape index (κ3) is 3.34. The predicted octanol–water partition coefficient (Wildman–Crippen LogP) is 1.04. The van der Waals surface area contributed by atoms with Crippen molar-refractivity contribution in [2.45, 2.75) is 26.1 Å². The maximum atomic E-state index is 10.5. The van der Waals surface area contributed by atoms with Crippen molar-refractivity contribution in [1.82, 2.24) is 0 Å². The molecule has 3 nitrogen and oxygen atoms in total. The van der Waals surface area contributed by atoms with Crippen LogP contribution < -0.4 is 0 Å². The van der Waals surface area contributed by atoms with E-state index in [0.29, 0.717) is 5.57 Å². The van der Waals surface area contributed by atoms with Crippen molar-refractivity contribution < 1.29 is 14.6 Å². The summed E-state index contributed by atoms with van der Waals surface area (Å²) >= 11 is 0. The van der Waals surface area contributed by atoms with E-state index >= 15 is 0 Å². The van der Waals surface area contributed by atoms with Crippen LogP contribution in [-0.4, -0.2) is 23.3 Å². The Morgan fingerprint density at radius 2 is 2.08 bits per heavy atom. The number of esters is 1. The number of hydrogen-bond donors (Lipinski definition) is 1. The van der Waals surface area contributed by atoms with Gasteiger partial charge in [-0.1, -0.05) is 13.2 Å². The molecule has 12 heavy (non-hydrogen) atoms. The Morgan fingerprint density at radius 3 is 2.33 bits per heavy atom. The molecule has 0 aromatic rings. The van der Waals surface area contributed by atoms with Crippen LogP contribution in [0.5, 0.6) is 0 Å². The fourth-order valence-corrected chi connectivity index (χ4v) is 0.714. The molecule has 1 N–H and O–H groups in total. The quantitative estimate of drug-likeness (QED) is 0.506. The molecule has 0 rings (SSSR count). The van der Waals surface area contributed by atoms with E-state index in [1.807, 2.05) is 0 Å². The summed E-state index contributed by atoms with van der Waals surface area (Å²) in [7, 11) is 0. The second-order valence-corrected chi connectivity index (χ2v) is 2.60. The first kappa shape index (κ1) is 10.9. The third-order valence-corrected chi connectivity index (χ3v) is 1.35. The van der Waals surface area contributed by atoms with Crippen molar-refractivity contribution in [3.05, 3.63) is 24.8 Å². The Hall–Kier alpha value is -1.09. The smallest absolute Gasteiger partial charge is 0.303 e. The summed E-state index contributed by atoms with van der Waals surface area (Å²) in [4.78, 5) is 10.5. The van der Waals surface area contributed by atoms with Crippen LogP contribution in [0.15, 0.2) is 24.8 Å². The minimum Gasteiger partial charge on any atom is -0.455 e. The van der Waals surface area contributed by atoms with E-state index in [2.05, 4.69) is 13.2 Å². The number of ether oxygens (including phenoxy) is 1. The predicted molar refractivity (Wildman–Crippen MR) is 46.6 cm³/mol. The standard InChI is InChI=1S/C9H14O3/c1-5-8(12-7(4)10)9(11)6(2)3/h5,8-9,11H,1-2H2,3-4H3. The molecular weight excluding hydrogens is 156 g/mol. The fraction of sp³-hybridized carbons (Fsp3) is 0.444. The molecule has 0 fully saturated rings. The van der Waals surface area contributed by atoms with Crippen LogP contribution in [0.2, 0.25) is 0 Å². The number of aliphatic hydroxyl groups excluding tert-OH is 1. The van der Waals surface area contributed by atoms with Gasteiger partial charge in [-0.2, -0.15) is 0 Å². The molecule has 0 spiro atoms. The highest BCUT2D eigenvalue weighted by Gasteiger charge is 2.18. The number of aliphatic hydroxyl groups is 1. The molecule has 2 unspecified atom stereocenters. The summed E-state index contributed by atoms with van der Waals surface area (Å²) in [6, 6.07) is 0. The van der Waals surface area contributed by atoms with Gasteiger partial charge in [0.2, 0.25) is 0 Å². The normalized spacial score (nSPS) is 14.6. The van der Waals surface area contributed by atoms with Crippen LogP contribution >= 0.6 is 0 Å². The van der Waals surface area contributed by atoms with E-state index in [4.69, 9.17) is 4.74 Å². The van der Waals surface area contributed by atoms with Gasteiger partial charge in [-0.05, 0) is 18.6 Å². The third-order valence-electron chi connectivity index (χ3n) is 1.35. The maximum Gasteiger partial charge on any atom is 0.303 e. The fourth-order valence-electron chi connectivity index (χ4n) is 0.714. The van der Waals surface area contributed by atoms with Crippen LogP contribution in [0.1, 0.15) is 13.8 Å². The summed E-state index contributed by atoms with van der Waals surface area (Å²) in [5, 5.41) is 9.39. The Kier molecular flexibility index (Phi) is 4.29. The van der Waals surface area contributed by atoms with Gasteiger partial charge >= 0.3 is 5.97 Å². The molecule has 3 heteroatoms. The van der Waals surface area contributed by atoms with E-state index in [1.54, 1.807) is 6.92 Å². The van der Waals surface area contributed by atoms with Crippen LogP contribution in [0.3, 0.4) is 0 Å². The first-order valence-corrected chi connectivity index (χ1v) is 3.62. The van der Waals surface area contributed by atoms with Crippen molar-refractivity contribution in [2.24, 2.45) is 0 Å². The van der Waals surface area contributed by atoms with Gasteiger partial charge in [-0.3, -0.25) is 4.79 Å². The zero-order valence-corrected chi connectivity index (χ0v) is 7.41. The zero-order valence-electron chi connectivity index (χ0n) is 7.41. The van der Waals surface area contributed by atoms with Crippen molar-refractivity contribution in [2.75, 3.05) is 0 Å². The van der Waals surface area contributed by atoms with E-state index in [0.717, 1.165) is 0 Å². The minimum atomic E-state index is -0.869. The Morgan fingerprint density at radius 1 is 1.58 bits per heavy atom. The number of carbonyl (C=O) groups is 1. The molecule has 68 valence electrons. The van der Waals surface area contributed by atoms with Gasteiger partial charge in [0.05, 0.1) is 0 Å². The van der Waals surface area contributed by atoms with Gasteiger partial charge in [-0.25, -0.2) is 0 Å². The number of rotatable bonds is 4. The molecule has 0 aliphatic carbocycles. The largest absolute Gasteiger partial charge is 0.455 e. The van der Waals surface area contributed by atoms with Gasteiger partial charge in [0.1, 0.15) is 12.2 Å². The highest BCUT2D eigenvalue weighted by molar-refractivity contribution is 5.66. The average molecular weight is 170 g/mol. The summed E-state index contributed by atoms with van der Waals surface area (Å²) < 4.78 is 4.75. The molecule has 0 saturated carbocycles. The molecule has 0 bridgehead atoms. The summed E-state index contributed by atoms with van der Waals surface area (Å²) in [6.45, 7) is 9.92. The summed E-state index contributed by atoms with van der Waals surface area (Å²) in [5.41, 5.74) is 0.543. The van der Waals surface area contributed by atoms with E-state index in [-0.39, 0.29) is 0 Å². The second kappa shape index (κ2) is 4.72. The highest BCUT2D eigenvalue weighted by atomic mass is 16.6. The lowest BCUT2D eigenvalue weighted by atomic mass is 10.1. The molecule has 0 amide bonds. The van der Waals surface area contributed by atoms with Crippen molar-refractivity contribution in [3.63, 3.8) is 0 Å². The molecule has 0 aliphatic rings. The SMILES string of the molecule is C=CC(OC(C)=O)C(O)C(=C)C. The molecule has 2 atom stereocenters. The van der Waals surface area contributed by atoms with E-state index in [9.17, 15) is 9.90 Å². The van der Waals surface area contributed by atoms with Crippen molar-refractivity contribution >= 4 is 5.97 Å². The van der Waals surface area contributed by atoms with Gasteiger partial charge in [0.25, 0.3) is 0 Å². The average Bonchev–Trinajstić information content (AvgIpc) is 1.98. The Balaban J connectivity index is 4.23. The number of carbonyl (C=O) groups excluding carboxylic acids is 1. The summed E-state index contributed by atoms with van der Waals surface area (Å²) in [5.74, 6) is -0.444. The molecule has 0 aromatic heterocycles. The second-order valence-electron chi connectivity index (χ2n) is 2.60. The first-order valence-electron chi connectivity index (χ1n) is 3.62. The molecule has 0 heterocycles. The van der Waals surface area contributed by atoms with Crippen LogP contribution in [0.4, 0.5) is 0 Å². The van der Waals surface area contributed by atoms with Crippen molar-refractivity contribution in [3.8, 4) is 0 Å². The molecule has 0 aliphatic heterocycles.